The maximum absolute atomic E-state index is 12.2. The molecule has 0 saturated heterocycles. The van der Waals surface area contributed by atoms with Gasteiger partial charge in [0, 0.05) is 18.2 Å². The van der Waals surface area contributed by atoms with Gasteiger partial charge in [-0.15, -0.1) is 11.3 Å². The molecular weight excluding hydrogens is 270 g/mol. The Morgan fingerprint density at radius 3 is 2.80 bits per heavy atom. The van der Waals surface area contributed by atoms with Crippen LogP contribution >= 0.6 is 11.3 Å². The first-order valence-electron chi connectivity index (χ1n) is 6.80. The summed E-state index contributed by atoms with van der Waals surface area (Å²) in [6.45, 7) is 0.501. The number of amides is 1. The van der Waals surface area contributed by atoms with Crippen molar-refractivity contribution in [1.82, 2.24) is 10.3 Å². The molecule has 3 rings (SSSR count). The number of rotatable bonds is 5. The summed E-state index contributed by atoms with van der Waals surface area (Å²) in [5.74, 6) is 0.498. The van der Waals surface area contributed by atoms with Crippen molar-refractivity contribution in [3.63, 3.8) is 0 Å². The van der Waals surface area contributed by atoms with Crippen LogP contribution < -0.4 is 11.1 Å². The van der Waals surface area contributed by atoms with Crippen LogP contribution in [0.15, 0.2) is 36.5 Å². The second-order valence-corrected chi connectivity index (χ2v) is 6.08. The van der Waals surface area contributed by atoms with Gasteiger partial charge in [-0.1, -0.05) is 30.3 Å². The quantitative estimate of drug-likeness (QED) is 0.886. The number of benzene rings is 1. The predicted molar refractivity (Wildman–Crippen MR) is 80.6 cm³/mol. The molecule has 1 unspecified atom stereocenters. The lowest BCUT2D eigenvalue weighted by Gasteiger charge is -2.14. The molecule has 1 fully saturated rings. The summed E-state index contributed by atoms with van der Waals surface area (Å²) in [7, 11) is 0. The fourth-order valence-electron chi connectivity index (χ4n) is 2.20. The Labute approximate surface area is 122 Å². The standard InChI is InChI=1S/C15H17N3OS/c16-8-12(10-6-7-10)18-14(19)13-9-17-15(20-13)11-4-2-1-3-5-11/h1-5,9-10,12H,6-8,16H2,(H,18,19). The number of nitrogens with two attached hydrogens (primary N) is 1. The van der Waals surface area contributed by atoms with Crippen LogP contribution in [0.1, 0.15) is 22.5 Å². The lowest BCUT2D eigenvalue weighted by Crippen LogP contribution is -2.41. The molecule has 4 nitrogen and oxygen atoms in total. The maximum atomic E-state index is 12.2. The lowest BCUT2D eigenvalue weighted by atomic mass is 10.2. The highest BCUT2D eigenvalue weighted by atomic mass is 32.1. The number of nitrogens with zero attached hydrogens (tertiary/aromatic N) is 1. The summed E-state index contributed by atoms with van der Waals surface area (Å²) >= 11 is 1.41. The van der Waals surface area contributed by atoms with Crippen molar-refractivity contribution >= 4 is 17.2 Å². The number of aromatic nitrogens is 1. The van der Waals surface area contributed by atoms with Crippen LogP contribution in [0.3, 0.4) is 0 Å². The summed E-state index contributed by atoms with van der Waals surface area (Å²) in [5.41, 5.74) is 6.75. The van der Waals surface area contributed by atoms with Crippen LogP contribution in [0.5, 0.6) is 0 Å². The van der Waals surface area contributed by atoms with Gasteiger partial charge in [0.15, 0.2) is 0 Å². The van der Waals surface area contributed by atoms with E-state index in [0.29, 0.717) is 17.3 Å². The van der Waals surface area contributed by atoms with Gasteiger partial charge >= 0.3 is 0 Å². The molecule has 5 heteroatoms. The van der Waals surface area contributed by atoms with Gasteiger partial charge in [0.25, 0.3) is 5.91 Å². The summed E-state index contributed by atoms with van der Waals surface area (Å²) in [4.78, 5) is 17.2. The van der Waals surface area contributed by atoms with Crippen LogP contribution in [0.4, 0.5) is 0 Å². The van der Waals surface area contributed by atoms with Crippen LogP contribution in [0.25, 0.3) is 10.6 Å². The zero-order valence-corrected chi connectivity index (χ0v) is 11.9. The molecule has 104 valence electrons. The van der Waals surface area contributed by atoms with Crippen molar-refractivity contribution < 1.29 is 4.79 Å². The molecule has 1 aliphatic carbocycles. The molecular formula is C15H17N3OS. The lowest BCUT2D eigenvalue weighted by molar-refractivity contribution is 0.0937. The molecule has 0 bridgehead atoms. The van der Waals surface area contributed by atoms with E-state index in [1.165, 1.54) is 24.2 Å². The largest absolute Gasteiger partial charge is 0.347 e. The van der Waals surface area contributed by atoms with E-state index in [1.807, 2.05) is 30.3 Å². The highest BCUT2D eigenvalue weighted by Gasteiger charge is 2.31. The number of hydrogen-bond donors (Lipinski definition) is 2. The normalized spacial score (nSPS) is 15.8. The van der Waals surface area contributed by atoms with Crippen molar-refractivity contribution in [2.24, 2.45) is 11.7 Å². The Hall–Kier alpha value is -1.72. The predicted octanol–water partition coefficient (Wildman–Crippen LogP) is 2.28. The molecule has 0 spiro atoms. The number of thiazole rings is 1. The maximum Gasteiger partial charge on any atom is 0.263 e. The minimum absolute atomic E-state index is 0.0629. The zero-order chi connectivity index (χ0) is 13.9. The van der Waals surface area contributed by atoms with Gasteiger partial charge in [0.2, 0.25) is 0 Å². The van der Waals surface area contributed by atoms with Crippen LogP contribution in [0, 0.1) is 5.92 Å². The van der Waals surface area contributed by atoms with Gasteiger partial charge in [-0.3, -0.25) is 4.79 Å². The first-order chi connectivity index (χ1) is 9.78. The summed E-state index contributed by atoms with van der Waals surface area (Å²) in [6, 6.07) is 9.99. The van der Waals surface area contributed by atoms with Gasteiger partial charge in [-0.25, -0.2) is 4.98 Å². The third-order valence-electron chi connectivity index (χ3n) is 3.51. The van der Waals surface area contributed by atoms with Crippen molar-refractivity contribution in [3.05, 3.63) is 41.4 Å². The zero-order valence-electron chi connectivity index (χ0n) is 11.1. The molecule has 3 N–H and O–H groups in total. The molecule has 1 aromatic carbocycles. The number of nitrogens with one attached hydrogen (secondary N) is 1. The van der Waals surface area contributed by atoms with Crippen LogP contribution in [0.2, 0.25) is 0 Å². The van der Waals surface area contributed by atoms with Gasteiger partial charge in [-0.2, -0.15) is 0 Å². The van der Waals surface area contributed by atoms with E-state index in [2.05, 4.69) is 10.3 Å². The SMILES string of the molecule is NCC(NC(=O)c1cnc(-c2ccccc2)s1)C1CC1. The number of hydrogen-bond acceptors (Lipinski definition) is 4. The van der Waals surface area contributed by atoms with E-state index in [0.717, 1.165) is 10.6 Å². The molecule has 1 saturated carbocycles. The summed E-state index contributed by atoms with van der Waals surface area (Å²) in [6.07, 6.45) is 3.98. The molecule has 20 heavy (non-hydrogen) atoms. The Morgan fingerprint density at radius 2 is 2.15 bits per heavy atom. The monoisotopic (exact) mass is 287 g/mol. The third kappa shape index (κ3) is 2.89. The Bertz CT molecular complexity index is 592. The van der Waals surface area contributed by atoms with E-state index in [4.69, 9.17) is 5.73 Å². The van der Waals surface area contributed by atoms with Gasteiger partial charge in [0.05, 0.1) is 6.20 Å². The van der Waals surface area contributed by atoms with E-state index in [9.17, 15) is 4.79 Å². The van der Waals surface area contributed by atoms with Crippen LogP contribution in [-0.2, 0) is 0 Å². The fourth-order valence-corrected chi connectivity index (χ4v) is 3.03. The summed E-state index contributed by atoms with van der Waals surface area (Å²) in [5, 5.41) is 3.88. The first-order valence-corrected chi connectivity index (χ1v) is 7.62. The van der Waals surface area contributed by atoms with Crippen LogP contribution in [-0.4, -0.2) is 23.5 Å². The Kier molecular flexibility index (Phi) is 3.80. The molecule has 1 aromatic heterocycles. The van der Waals surface area contributed by atoms with Gasteiger partial charge < -0.3 is 11.1 Å². The Morgan fingerprint density at radius 1 is 1.40 bits per heavy atom. The fraction of sp³-hybridized carbons (Fsp3) is 0.333. The second kappa shape index (κ2) is 5.73. The minimum atomic E-state index is -0.0629. The van der Waals surface area contributed by atoms with E-state index in [1.54, 1.807) is 6.20 Å². The topological polar surface area (TPSA) is 68.0 Å². The average molecular weight is 287 g/mol. The molecule has 1 aliphatic rings. The number of carbonyl (C=O) groups excluding carboxylic acids is 1. The van der Waals surface area contributed by atoms with Gasteiger partial charge in [0.1, 0.15) is 9.88 Å². The number of carbonyl (C=O) groups is 1. The summed E-state index contributed by atoms with van der Waals surface area (Å²) < 4.78 is 0. The van der Waals surface area contributed by atoms with Gasteiger partial charge in [-0.05, 0) is 18.8 Å². The highest BCUT2D eigenvalue weighted by Crippen LogP contribution is 2.32. The molecule has 0 radical (unpaired) electrons. The van der Waals surface area contributed by atoms with Crippen molar-refractivity contribution in [1.29, 1.82) is 0 Å². The van der Waals surface area contributed by atoms with E-state index >= 15 is 0 Å². The second-order valence-electron chi connectivity index (χ2n) is 5.05. The minimum Gasteiger partial charge on any atom is -0.347 e. The molecule has 1 heterocycles. The molecule has 1 atom stereocenters. The highest BCUT2D eigenvalue weighted by molar-refractivity contribution is 7.16. The average Bonchev–Trinajstić information content (AvgIpc) is 3.21. The van der Waals surface area contributed by atoms with Crippen molar-refractivity contribution in [2.75, 3.05) is 6.54 Å². The first kappa shape index (κ1) is 13.3. The Balaban J connectivity index is 1.71. The van der Waals surface area contributed by atoms with Crippen molar-refractivity contribution in [2.45, 2.75) is 18.9 Å². The van der Waals surface area contributed by atoms with Crippen molar-refractivity contribution in [3.8, 4) is 10.6 Å². The molecule has 1 amide bonds. The molecule has 2 aromatic rings. The van der Waals surface area contributed by atoms with E-state index < -0.39 is 0 Å². The molecule has 0 aliphatic heterocycles. The third-order valence-corrected chi connectivity index (χ3v) is 4.56. The smallest absolute Gasteiger partial charge is 0.263 e. The van der Waals surface area contributed by atoms with E-state index in [-0.39, 0.29) is 11.9 Å².